The summed E-state index contributed by atoms with van der Waals surface area (Å²) in [7, 11) is -7.04. The molecular weight excluding hydrogens is 320 g/mol. The molecule has 0 aromatic heterocycles. The average Bonchev–Trinajstić information content (AvgIpc) is 2.38. The lowest BCUT2D eigenvalue weighted by atomic mass is 10.2. The number of amides is 2. The van der Waals surface area contributed by atoms with E-state index in [1.54, 1.807) is 4.72 Å². The van der Waals surface area contributed by atoms with Gasteiger partial charge in [0.05, 0.1) is 4.91 Å². The summed E-state index contributed by atoms with van der Waals surface area (Å²) >= 11 is 0. The van der Waals surface area contributed by atoms with Crippen LogP contribution in [-0.2, 0) is 20.1 Å². The van der Waals surface area contributed by atoms with Crippen molar-refractivity contribution in [2.45, 2.75) is 11.8 Å². The van der Waals surface area contributed by atoms with Gasteiger partial charge < -0.3 is 9.50 Å². The molecule has 0 saturated carbocycles. The van der Waals surface area contributed by atoms with Gasteiger partial charge in [-0.25, -0.2) is 17.9 Å². The highest BCUT2D eigenvalue weighted by molar-refractivity contribution is 7.91. The van der Waals surface area contributed by atoms with Crippen LogP contribution >= 0.6 is 0 Å². The second-order valence-corrected chi connectivity index (χ2v) is 7.52. The minimum Gasteiger partial charge on any atom is -0.377 e. The zero-order valence-electron chi connectivity index (χ0n) is 11.1. The Balaban J connectivity index is 2.61. The Hall–Kier alpha value is -2.07. The molecule has 0 unspecified atom stereocenters. The fraction of sp³-hybridized carbons (Fsp3) is 0.182. The summed E-state index contributed by atoms with van der Waals surface area (Å²) in [4.78, 5) is 10.7. The highest BCUT2D eigenvalue weighted by Crippen LogP contribution is 2.35. The maximum Gasteiger partial charge on any atom is 0.335 e. The van der Waals surface area contributed by atoms with Crippen molar-refractivity contribution in [2.24, 2.45) is 0 Å². The van der Waals surface area contributed by atoms with E-state index in [0.29, 0.717) is 5.56 Å². The number of hydrogen-bond donors (Lipinski definition) is 2. The van der Waals surface area contributed by atoms with E-state index in [-0.39, 0.29) is 10.7 Å². The Morgan fingerprint density at radius 3 is 2.57 bits per heavy atom. The summed E-state index contributed by atoms with van der Waals surface area (Å²) < 4.78 is 54.2. The van der Waals surface area contributed by atoms with Gasteiger partial charge in [0.15, 0.2) is 5.75 Å². The van der Waals surface area contributed by atoms with Crippen LogP contribution in [0.1, 0.15) is 12.5 Å². The van der Waals surface area contributed by atoms with Crippen molar-refractivity contribution < 1.29 is 25.8 Å². The molecular formula is C11H12N2O6S2. The predicted molar refractivity (Wildman–Crippen MR) is 74.4 cm³/mol. The molecule has 21 heavy (non-hydrogen) atoms. The van der Waals surface area contributed by atoms with Gasteiger partial charge in [0.2, 0.25) is 0 Å². The number of urea groups is 1. The molecule has 0 atom stereocenters. The number of para-hydroxylation sites is 1. The van der Waals surface area contributed by atoms with Crippen LogP contribution in [0.15, 0.2) is 28.0 Å². The molecule has 0 saturated heterocycles. The van der Waals surface area contributed by atoms with Crippen LogP contribution < -0.4 is 14.2 Å². The quantitative estimate of drug-likeness (QED) is 0.756. The standard InChI is InChI=1S/C11H12N2O6S2/c1-7-6-8-4-3-5-9(10(8)19-21(7,17)18)20(15,16)13-11(14)12-2/h3-6H,1-2H3,(H2,12,13,14). The van der Waals surface area contributed by atoms with Crippen LogP contribution in [0.2, 0.25) is 0 Å². The number of carbonyl (C=O) groups excluding carboxylic acids is 1. The van der Waals surface area contributed by atoms with E-state index < -0.39 is 31.1 Å². The van der Waals surface area contributed by atoms with E-state index in [9.17, 15) is 21.6 Å². The second kappa shape index (κ2) is 5.04. The summed E-state index contributed by atoms with van der Waals surface area (Å²) in [5, 5.41) is 2.09. The average molecular weight is 332 g/mol. The van der Waals surface area contributed by atoms with Gasteiger partial charge in [0.1, 0.15) is 4.90 Å². The van der Waals surface area contributed by atoms with Crippen LogP contribution in [-0.4, -0.2) is 29.9 Å². The normalized spacial score (nSPS) is 16.2. The molecule has 114 valence electrons. The van der Waals surface area contributed by atoms with Crippen molar-refractivity contribution in [3.63, 3.8) is 0 Å². The zero-order valence-corrected chi connectivity index (χ0v) is 12.7. The number of allylic oxidation sites excluding steroid dienone is 1. The molecule has 0 fully saturated rings. The molecule has 1 aromatic carbocycles. The van der Waals surface area contributed by atoms with Gasteiger partial charge in [-0.05, 0) is 19.1 Å². The number of sulfonamides is 1. The monoisotopic (exact) mass is 332 g/mol. The van der Waals surface area contributed by atoms with E-state index in [1.807, 2.05) is 0 Å². The molecule has 1 aliphatic heterocycles. The van der Waals surface area contributed by atoms with Gasteiger partial charge in [-0.1, -0.05) is 12.1 Å². The van der Waals surface area contributed by atoms with E-state index in [2.05, 4.69) is 5.32 Å². The van der Waals surface area contributed by atoms with E-state index in [1.165, 1.54) is 32.2 Å². The fourth-order valence-electron chi connectivity index (χ4n) is 1.64. The Bertz CT molecular complexity index is 839. The molecule has 0 radical (unpaired) electrons. The molecule has 10 heteroatoms. The molecule has 2 N–H and O–H groups in total. The van der Waals surface area contributed by atoms with Gasteiger partial charge in [-0.3, -0.25) is 0 Å². The number of carbonyl (C=O) groups is 1. The number of benzene rings is 1. The third kappa shape index (κ3) is 2.85. The first-order valence-electron chi connectivity index (χ1n) is 5.68. The van der Waals surface area contributed by atoms with Crippen molar-refractivity contribution in [1.82, 2.24) is 10.0 Å². The largest absolute Gasteiger partial charge is 0.377 e. The molecule has 2 rings (SSSR count). The summed E-state index contributed by atoms with van der Waals surface area (Å²) in [6, 6.07) is 3.13. The molecule has 1 aliphatic rings. The molecule has 0 spiro atoms. The van der Waals surface area contributed by atoms with Crippen LogP contribution in [0, 0.1) is 0 Å². The molecule has 1 aromatic rings. The van der Waals surface area contributed by atoms with Gasteiger partial charge >= 0.3 is 16.1 Å². The first-order valence-corrected chi connectivity index (χ1v) is 8.57. The lowest BCUT2D eigenvalue weighted by molar-refractivity contribution is 0.248. The Morgan fingerprint density at radius 1 is 1.29 bits per heavy atom. The van der Waals surface area contributed by atoms with Gasteiger partial charge in [0.25, 0.3) is 10.0 Å². The topological polar surface area (TPSA) is 119 Å². The third-order valence-corrected chi connectivity index (χ3v) is 5.35. The Labute approximate surface area is 122 Å². The van der Waals surface area contributed by atoms with Crippen LogP contribution in [0.3, 0.4) is 0 Å². The van der Waals surface area contributed by atoms with Crippen molar-refractivity contribution in [2.75, 3.05) is 7.05 Å². The lowest BCUT2D eigenvalue weighted by Gasteiger charge is -2.18. The maximum absolute atomic E-state index is 12.1. The van der Waals surface area contributed by atoms with Gasteiger partial charge in [-0.2, -0.15) is 8.42 Å². The third-order valence-electron chi connectivity index (χ3n) is 2.70. The van der Waals surface area contributed by atoms with Gasteiger partial charge in [-0.15, -0.1) is 0 Å². The summed E-state index contributed by atoms with van der Waals surface area (Å²) in [5.41, 5.74) is 0.294. The van der Waals surface area contributed by atoms with Crippen molar-refractivity contribution in [1.29, 1.82) is 0 Å². The van der Waals surface area contributed by atoms with Crippen molar-refractivity contribution >= 4 is 32.2 Å². The smallest absolute Gasteiger partial charge is 0.335 e. The number of nitrogens with one attached hydrogen (secondary N) is 2. The minimum absolute atomic E-state index is 0.0381. The number of rotatable bonds is 2. The molecule has 0 aliphatic carbocycles. The highest BCUT2D eigenvalue weighted by Gasteiger charge is 2.30. The van der Waals surface area contributed by atoms with E-state index in [4.69, 9.17) is 4.18 Å². The van der Waals surface area contributed by atoms with Crippen LogP contribution in [0.5, 0.6) is 5.75 Å². The molecule has 8 nitrogen and oxygen atoms in total. The minimum atomic E-state index is -4.26. The summed E-state index contributed by atoms with van der Waals surface area (Å²) in [6.45, 7) is 1.34. The SMILES string of the molecule is CNC(=O)NS(=O)(=O)c1cccc2c1OS(=O)(=O)C(C)=C2. The van der Waals surface area contributed by atoms with Crippen molar-refractivity contribution in [3.8, 4) is 5.75 Å². The zero-order chi connectivity index (χ0) is 15.8. The molecule has 1 heterocycles. The molecule has 2 amide bonds. The number of hydrogen-bond acceptors (Lipinski definition) is 6. The number of fused-ring (bicyclic) bond motifs is 1. The van der Waals surface area contributed by atoms with E-state index >= 15 is 0 Å². The molecule has 0 bridgehead atoms. The Morgan fingerprint density at radius 2 is 1.95 bits per heavy atom. The summed E-state index contributed by atoms with van der Waals surface area (Å²) in [6.07, 6.45) is 1.30. The van der Waals surface area contributed by atoms with Crippen LogP contribution in [0.25, 0.3) is 6.08 Å². The lowest BCUT2D eigenvalue weighted by Crippen LogP contribution is -2.37. The first-order chi connectivity index (χ1) is 9.67. The van der Waals surface area contributed by atoms with Crippen LogP contribution in [0.4, 0.5) is 4.79 Å². The predicted octanol–water partition coefficient (Wildman–Crippen LogP) is 0.387. The fourth-order valence-corrected chi connectivity index (χ4v) is 3.62. The maximum atomic E-state index is 12.1. The Kier molecular flexibility index (Phi) is 3.68. The first kappa shape index (κ1) is 15.3. The second-order valence-electron chi connectivity index (χ2n) is 4.15. The van der Waals surface area contributed by atoms with Crippen molar-refractivity contribution in [3.05, 3.63) is 28.7 Å². The highest BCUT2D eigenvalue weighted by atomic mass is 32.2. The van der Waals surface area contributed by atoms with E-state index in [0.717, 1.165) is 6.07 Å². The van der Waals surface area contributed by atoms with Gasteiger partial charge in [0, 0.05) is 12.6 Å². The summed E-state index contributed by atoms with van der Waals surface area (Å²) in [5.74, 6) is -0.334.